The SMILES string of the molecule is [C-]#[N+]C(=N)C(N=COCC)[N+]#[C-]. The minimum absolute atomic E-state index is 0.388. The van der Waals surface area contributed by atoms with Crippen molar-refractivity contribution in [2.24, 2.45) is 4.99 Å². The van der Waals surface area contributed by atoms with Gasteiger partial charge < -0.3 is 9.58 Å². The summed E-state index contributed by atoms with van der Waals surface area (Å²) in [6.07, 6.45) is 0.0525. The summed E-state index contributed by atoms with van der Waals surface area (Å²) in [7, 11) is 0. The highest BCUT2D eigenvalue weighted by atomic mass is 16.5. The van der Waals surface area contributed by atoms with Crippen LogP contribution in [0.3, 0.4) is 0 Å². The van der Waals surface area contributed by atoms with E-state index in [0.717, 1.165) is 6.40 Å². The van der Waals surface area contributed by atoms with E-state index in [1.165, 1.54) is 0 Å². The maximum Gasteiger partial charge on any atom is 0.373 e. The van der Waals surface area contributed by atoms with Gasteiger partial charge in [0.2, 0.25) is 0 Å². The van der Waals surface area contributed by atoms with Crippen LogP contribution in [-0.4, -0.2) is 25.0 Å². The van der Waals surface area contributed by atoms with Gasteiger partial charge in [-0.2, -0.15) is 10.4 Å². The van der Waals surface area contributed by atoms with Crippen LogP contribution in [0.15, 0.2) is 4.99 Å². The Morgan fingerprint density at radius 3 is 2.83 bits per heavy atom. The molecule has 0 heterocycles. The zero-order valence-corrected chi connectivity index (χ0v) is 6.61. The molecule has 0 aromatic rings. The van der Waals surface area contributed by atoms with Crippen LogP contribution in [-0.2, 0) is 4.74 Å². The smallest absolute Gasteiger partial charge is 0.373 e. The Morgan fingerprint density at radius 2 is 2.42 bits per heavy atom. The van der Waals surface area contributed by atoms with E-state index in [2.05, 4.69) is 14.7 Å². The third-order valence-corrected chi connectivity index (χ3v) is 0.931. The highest BCUT2D eigenvalue weighted by Crippen LogP contribution is 1.95. The predicted octanol–water partition coefficient (Wildman–Crippen LogP) is 1.19. The summed E-state index contributed by atoms with van der Waals surface area (Å²) in [5.74, 6) is -0.388. The van der Waals surface area contributed by atoms with Crippen molar-refractivity contribution in [2.45, 2.75) is 13.1 Å². The number of hydrogen-bond donors (Lipinski definition) is 1. The van der Waals surface area contributed by atoms with E-state index in [1.54, 1.807) is 6.92 Å². The van der Waals surface area contributed by atoms with Crippen LogP contribution in [0.4, 0.5) is 0 Å². The van der Waals surface area contributed by atoms with Crippen LogP contribution < -0.4 is 0 Å². The van der Waals surface area contributed by atoms with Crippen LogP contribution in [0.25, 0.3) is 9.69 Å². The monoisotopic (exact) mass is 164 g/mol. The van der Waals surface area contributed by atoms with E-state index in [4.69, 9.17) is 23.3 Å². The Morgan fingerprint density at radius 1 is 1.75 bits per heavy atom. The maximum absolute atomic E-state index is 6.99. The number of ether oxygens (including phenoxy) is 1. The number of nitrogens with zero attached hydrogens (tertiary/aromatic N) is 3. The van der Waals surface area contributed by atoms with Crippen molar-refractivity contribution in [3.63, 3.8) is 0 Å². The van der Waals surface area contributed by atoms with Gasteiger partial charge in [-0.3, -0.25) is 4.85 Å². The molecule has 1 unspecified atom stereocenters. The normalized spacial score (nSPS) is 11.6. The molecule has 0 aromatic carbocycles. The Labute approximate surface area is 70.8 Å². The molecule has 1 N–H and O–H groups in total. The van der Waals surface area contributed by atoms with Crippen molar-refractivity contribution in [2.75, 3.05) is 6.61 Å². The van der Waals surface area contributed by atoms with E-state index < -0.39 is 6.17 Å². The van der Waals surface area contributed by atoms with Gasteiger partial charge in [0.05, 0.1) is 6.61 Å². The zero-order chi connectivity index (χ0) is 9.40. The van der Waals surface area contributed by atoms with Gasteiger partial charge >= 0.3 is 12.0 Å². The molecular formula is C7H8N4O. The molecular weight excluding hydrogens is 156 g/mol. The third-order valence-electron chi connectivity index (χ3n) is 0.931. The quantitative estimate of drug-likeness (QED) is 0.378. The highest BCUT2D eigenvalue weighted by Gasteiger charge is 2.16. The van der Waals surface area contributed by atoms with Crippen molar-refractivity contribution >= 4 is 12.2 Å². The molecule has 0 fully saturated rings. The second-order valence-electron chi connectivity index (χ2n) is 1.71. The first-order valence-electron chi connectivity index (χ1n) is 3.22. The number of aliphatic imine (C=N–C) groups is 1. The number of amidine groups is 1. The second kappa shape index (κ2) is 5.87. The fourth-order valence-corrected chi connectivity index (χ4v) is 0.398. The minimum Gasteiger partial charge on any atom is -0.484 e. The standard InChI is InChI=1S/C7H8N4O/c1-4-12-5-11-7(10-3)6(8)9-2/h5,7-8H,4H2,1H3. The van der Waals surface area contributed by atoms with E-state index in [-0.39, 0.29) is 5.84 Å². The first kappa shape index (κ1) is 10.1. The first-order chi connectivity index (χ1) is 5.76. The molecule has 0 aromatic heterocycles. The largest absolute Gasteiger partial charge is 0.484 e. The fraction of sp³-hybridized carbons (Fsp3) is 0.429. The summed E-state index contributed by atoms with van der Waals surface area (Å²) < 4.78 is 4.73. The predicted molar refractivity (Wildman–Crippen MR) is 44.8 cm³/mol. The van der Waals surface area contributed by atoms with Crippen molar-refractivity contribution < 1.29 is 4.74 Å². The summed E-state index contributed by atoms with van der Waals surface area (Å²) in [6.45, 7) is 15.3. The molecule has 0 radical (unpaired) electrons. The summed E-state index contributed by atoms with van der Waals surface area (Å²) in [6, 6.07) is 0. The lowest BCUT2D eigenvalue weighted by Crippen LogP contribution is -2.09. The summed E-state index contributed by atoms with van der Waals surface area (Å²) in [5, 5.41) is 6.99. The summed E-state index contributed by atoms with van der Waals surface area (Å²) in [5.41, 5.74) is 0. The average Bonchev–Trinajstić information content (AvgIpc) is 2.11. The molecule has 0 aliphatic heterocycles. The molecule has 0 aliphatic carbocycles. The van der Waals surface area contributed by atoms with Crippen LogP contribution in [0.2, 0.25) is 0 Å². The minimum atomic E-state index is -1.05. The Balaban J connectivity index is 4.13. The number of rotatable bonds is 4. The van der Waals surface area contributed by atoms with E-state index in [0.29, 0.717) is 6.61 Å². The van der Waals surface area contributed by atoms with Crippen LogP contribution in [0, 0.1) is 18.6 Å². The third kappa shape index (κ3) is 3.33. The highest BCUT2D eigenvalue weighted by molar-refractivity contribution is 5.94. The van der Waals surface area contributed by atoms with Gasteiger partial charge in [0, 0.05) is 0 Å². The second-order valence-corrected chi connectivity index (χ2v) is 1.71. The topological polar surface area (TPSA) is 54.2 Å². The van der Waals surface area contributed by atoms with Gasteiger partial charge in [0.1, 0.15) is 0 Å². The van der Waals surface area contributed by atoms with Gasteiger partial charge in [-0.25, -0.2) is 6.57 Å². The summed E-state index contributed by atoms with van der Waals surface area (Å²) in [4.78, 5) is 9.32. The van der Waals surface area contributed by atoms with Gasteiger partial charge in [-0.15, -0.1) is 0 Å². The van der Waals surface area contributed by atoms with Gasteiger partial charge in [-0.1, -0.05) is 6.57 Å². The molecule has 0 saturated heterocycles. The lowest BCUT2D eigenvalue weighted by molar-refractivity contribution is 0.342. The molecule has 0 amide bonds. The van der Waals surface area contributed by atoms with Crippen molar-refractivity contribution in [3.05, 3.63) is 22.8 Å². The molecule has 1 atom stereocenters. The molecule has 0 aliphatic rings. The average molecular weight is 164 g/mol. The lowest BCUT2D eigenvalue weighted by Gasteiger charge is -1.94. The van der Waals surface area contributed by atoms with Crippen LogP contribution in [0.5, 0.6) is 0 Å². The van der Waals surface area contributed by atoms with Gasteiger partial charge in [-0.05, 0) is 6.92 Å². The van der Waals surface area contributed by atoms with Crippen LogP contribution >= 0.6 is 0 Å². The molecule has 62 valence electrons. The zero-order valence-electron chi connectivity index (χ0n) is 6.61. The molecule has 12 heavy (non-hydrogen) atoms. The Kier molecular flexibility index (Phi) is 4.95. The van der Waals surface area contributed by atoms with E-state index in [9.17, 15) is 0 Å². The Hall–Kier alpha value is -1.88. The Bertz CT molecular complexity index is 258. The lowest BCUT2D eigenvalue weighted by atomic mass is 10.5. The van der Waals surface area contributed by atoms with E-state index in [1.807, 2.05) is 0 Å². The van der Waals surface area contributed by atoms with Gasteiger partial charge in [0.25, 0.3) is 0 Å². The molecule has 5 heteroatoms. The van der Waals surface area contributed by atoms with E-state index >= 15 is 0 Å². The van der Waals surface area contributed by atoms with Crippen molar-refractivity contribution in [3.8, 4) is 0 Å². The summed E-state index contributed by atoms with van der Waals surface area (Å²) >= 11 is 0. The fourth-order valence-electron chi connectivity index (χ4n) is 0.398. The van der Waals surface area contributed by atoms with Gasteiger partial charge in [0.15, 0.2) is 6.40 Å². The number of hydrogen-bond acceptors (Lipinski definition) is 3. The molecule has 0 bridgehead atoms. The van der Waals surface area contributed by atoms with Crippen molar-refractivity contribution in [1.82, 2.24) is 0 Å². The molecule has 0 saturated carbocycles. The van der Waals surface area contributed by atoms with Crippen LogP contribution in [0.1, 0.15) is 6.92 Å². The first-order valence-corrected chi connectivity index (χ1v) is 3.22. The van der Waals surface area contributed by atoms with Crippen molar-refractivity contribution in [1.29, 1.82) is 5.41 Å². The molecule has 0 rings (SSSR count). The molecule has 0 spiro atoms. The number of nitrogens with one attached hydrogen (secondary N) is 1. The maximum atomic E-state index is 6.99. The molecule has 5 nitrogen and oxygen atoms in total.